The van der Waals surface area contributed by atoms with Gasteiger partial charge in [-0.15, -0.1) is 11.3 Å². The smallest absolute Gasteiger partial charge is 0.276 e. The fourth-order valence-electron chi connectivity index (χ4n) is 2.52. The molecule has 0 saturated heterocycles. The van der Waals surface area contributed by atoms with Crippen LogP contribution in [0.4, 0.5) is 11.4 Å². The van der Waals surface area contributed by atoms with Crippen LogP contribution in [0, 0.1) is 10.1 Å². The monoisotopic (exact) mass is 456 g/mol. The molecule has 31 heavy (non-hydrogen) atoms. The highest BCUT2D eigenvalue weighted by Crippen LogP contribution is 2.23. The van der Waals surface area contributed by atoms with E-state index in [-0.39, 0.29) is 21.1 Å². The number of anilines is 1. The zero-order valence-electron chi connectivity index (χ0n) is 15.8. The van der Waals surface area contributed by atoms with Crippen LogP contribution in [0.1, 0.15) is 15.9 Å². The van der Waals surface area contributed by atoms with Gasteiger partial charge in [0.05, 0.1) is 21.7 Å². The summed E-state index contributed by atoms with van der Waals surface area (Å²) in [7, 11) is -3.81. The molecule has 0 saturated carbocycles. The van der Waals surface area contributed by atoms with E-state index in [9.17, 15) is 23.3 Å². The van der Waals surface area contributed by atoms with Gasteiger partial charge in [-0.05, 0) is 41.8 Å². The van der Waals surface area contributed by atoms with E-state index in [0.717, 1.165) is 11.3 Å². The van der Waals surface area contributed by atoms with Gasteiger partial charge in [0, 0.05) is 12.3 Å². The Labute approximate surface area is 181 Å². The second kappa shape index (κ2) is 9.78. The molecule has 1 heterocycles. The molecule has 0 spiro atoms. The lowest BCUT2D eigenvalue weighted by Crippen LogP contribution is -2.21. The van der Waals surface area contributed by atoms with E-state index in [2.05, 4.69) is 15.2 Å². The molecule has 11 heteroatoms. The molecule has 0 fully saturated rings. The number of hydrogen-bond acceptors (Lipinski definition) is 7. The molecule has 0 unspecified atom stereocenters. The summed E-state index contributed by atoms with van der Waals surface area (Å²) in [5.74, 6) is -0.625. The topological polar surface area (TPSA) is 131 Å². The fraction of sp³-hybridized carbons (Fsp3) is 0. The number of para-hydroxylation sites is 2. The van der Waals surface area contributed by atoms with Crippen LogP contribution >= 0.6 is 11.3 Å². The van der Waals surface area contributed by atoms with Crippen LogP contribution in [-0.4, -0.2) is 25.5 Å². The molecular weight excluding hydrogens is 440 g/mol. The lowest BCUT2D eigenvalue weighted by molar-refractivity contribution is -0.385. The average molecular weight is 457 g/mol. The Morgan fingerprint density at radius 1 is 1.06 bits per heavy atom. The minimum Gasteiger partial charge on any atom is -0.278 e. The highest BCUT2D eigenvalue weighted by atomic mass is 32.2. The molecule has 0 aliphatic carbocycles. The van der Waals surface area contributed by atoms with Gasteiger partial charge in [0.15, 0.2) is 0 Å². The van der Waals surface area contributed by atoms with Crippen molar-refractivity contribution >= 4 is 50.9 Å². The summed E-state index contributed by atoms with van der Waals surface area (Å²) in [6.07, 6.45) is 4.18. The van der Waals surface area contributed by atoms with Crippen LogP contribution in [-0.2, 0) is 10.0 Å². The van der Waals surface area contributed by atoms with E-state index in [0.29, 0.717) is 5.56 Å². The Balaban J connectivity index is 1.69. The molecule has 0 aliphatic rings. The molecular formula is C20H16N4O5S2. The van der Waals surface area contributed by atoms with Gasteiger partial charge in [0.25, 0.3) is 21.6 Å². The molecule has 0 atom stereocenters. The van der Waals surface area contributed by atoms with E-state index in [1.54, 1.807) is 41.8 Å². The Bertz CT molecular complexity index is 1250. The minimum atomic E-state index is -3.81. The Morgan fingerprint density at radius 3 is 2.55 bits per heavy atom. The second-order valence-corrected chi connectivity index (χ2v) is 8.83. The van der Waals surface area contributed by atoms with Crippen molar-refractivity contribution in [3.63, 3.8) is 0 Å². The van der Waals surface area contributed by atoms with Crippen molar-refractivity contribution in [2.24, 2.45) is 5.10 Å². The lowest BCUT2D eigenvalue weighted by atomic mass is 10.1. The molecule has 1 amide bonds. The number of benzene rings is 2. The maximum absolute atomic E-state index is 12.4. The summed E-state index contributed by atoms with van der Waals surface area (Å²) in [6.45, 7) is 0. The van der Waals surface area contributed by atoms with E-state index >= 15 is 0 Å². The van der Waals surface area contributed by atoms with Gasteiger partial charge in [0.2, 0.25) is 0 Å². The normalized spacial score (nSPS) is 11.6. The number of nitro benzene ring substituents is 1. The number of hydrogen-bond donors (Lipinski definition) is 2. The van der Waals surface area contributed by atoms with Crippen molar-refractivity contribution in [3.8, 4) is 0 Å². The summed E-state index contributed by atoms with van der Waals surface area (Å²) in [4.78, 5) is 22.9. The highest BCUT2D eigenvalue weighted by Gasteiger charge is 2.19. The number of carbonyl (C=O) groups excluding carboxylic acids is 1. The van der Waals surface area contributed by atoms with Gasteiger partial charge >= 0.3 is 0 Å². The third-order valence-corrected chi connectivity index (χ3v) is 6.67. The van der Waals surface area contributed by atoms with Crippen LogP contribution in [0.3, 0.4) is 0 Å². The van der Waals surface area contributed by atoms with E-state index < -0.39 is 20.9 Å². The first-order valence-electron chi connectivity index (χ1n) is 8.77. The van der Waals surface area contributed by atoms with Crippen LogP contribution in [0.25, 0.3) is 6.08 Å². The average Bonchev–Trinajstić information content (AvgIpc) is 3.30. The van der Waals surface area contributed by atoms with Crippen molar-refractivity contribution < 1.29 is 18.1 Å². The molecule has 1 aromatic heterocycles. The minimum absolute atomic E-state index is 0.0527. The van der Waals surface area contributed by atoms with Crippen molar-refractivity contribution in [2.75, 3.05) is 4.72 Å². The van der Waals surface area contributed by atoms with E-state index in [4.69, 9.17) is 0 Å². The lowest BCUT2D eigenvalue weighted by Gasteiger charge is -2.10. The zero-order valence-corrected chi connectivity index (χ0v) is 17.5. The SMILES string of the molecule is O=C(NN=CC=Cc1ccccc1[N+](=O)[O-])c1ccccc1NS(=O)(=O)c1cccs1. The summed E-state index contributed by atoms with van der Waals surface area (Å²) >= 11 is 1.06. The third-order valence-electron chi connectivity index (χ3n) is 3.91. The van der Waals surface area contributed by atoms with E-state index in [1.165, 1.54) is 42.6 Å². The highest BCUT2D eigenvalue weighted by molar-refractivity contribution is 7.94. The summed E-state index contributed by atoms with van der Waals surface area (Å²) in [6, 6.07) is 15.4. The van der Waals surface area contributed by atoms with Gasteiger partial charge in [0.1, 0.15) is 4.21 Å². The fourth-order valence-corrected chi connectivity index (χ4v) is 4.59. The maximum atomic E-state index is 12.4. The number of nitrogens with one attached hydrogen (secondary N) is 2. The molecule has 3 aromatic rings. The molecule has 2 N–H and O–H groups in total. The Kier molecular flexibility index (Phi) is 6.90. The number of hydrazone groups is 1. The number of allylic oxidation sites excluding steroid dienone is 1. The first-order chi connectivity index (χ1) is 14.9. The van der Waals surface area contributed by atoms with Crippen LogP contribution in [0.15, 0.2) is 81.4 Å². The van der Waals surface area contributed by atoms with Gasteiger partial charge < -0.3 is 0 Å². The number of rotatable bonds is 8. The standard InChI is InChI=1S/C20H16N4O5S2/c25-20(22-21-13-5-8-15-7-1-4-11-18(15)24(26)27)16-9-2-3-10-17(16)23-31(28,29)19-12-6-14-30-19/h1-14,23H,(H,22,25). The molecule has 0 aliphatic heterocycles. The van der Waals surface area contributed by atoms with Crippen molar-refractivity contribution in [3.05, 3.63) is 93.4 Å². The van der Waals surface area contributed by atoms with Gasteiger partial charge in [-0.2, -0.15) is 5.10 Å². The number of amides is 1. The zero-order chi connectivity index (χ0) is 22.3. The quantitative estimate of drug-likeness (QED) is 0.302. The Morgan fingerprint density at radius 2 is 1.81 bits per heavy atom. The van der Waals surface area contributed by atoms with Gasteiger partial charge in [-0.3, -0.25) is 19.6 Å². The van der Waals surface area contributed by atoms with Crippen molar-refractivity contribution in [1.82, 2.24) is 5.43 Å². The number of thiophene rings is 1. The van der Waals surface area contributed by atoms with Gasteiger partial charge in [-0.1, -0.05) is 30.3 Å². The first-order valence-corrected chi connectivity index (χ1v) is 11.1. The molecule has 158 valence electrons. The van der Waals surface area contributed by atoms with Crippen LogP contribution in [0.5, 0.6) is 0 Å². The Hall–Kier alpha value is -3.83. The van der Waals surface area contributed by atoms with E-state index in [1.807, 2.05) is 0 Å². The predicted molar refractivity (Wildman–Crippen MR) is 120 cm³/mol. The number of sulfonamides is 1. The molecule has 2 aromatic carbocycles. The van der Waals surface area contributed by atoms with Crippen molar-refractivity contribution in [2.45, 2.75) is 4.21 Å². The largest absolute Gasteiger partial charge is 0.278 e. The molecule has 3 rings (SSSR count). The van der Waals surface area contributed by atoms with Crippen molar-refractivity contribution in [1.29, 1.82) is 0 Å². The number of nitro groups is 1. The first kappa shape index (κ1) is 21.9. The maximum Gasteiger partial charge on any atom is 0.276 e. The molecule has 0 bridgehead atoms. The number of carbonyl (C=O) groups is 1. The molecule has 9 nitrogen and oxygen atoms in total. The van der Waals surface area contributed by atoms with Gasteiger partial charge in [-0.25, -0.2) is 13.8 Å². The second-order valence-electron chi connectivity index (χ2n) is 5.98. The summed E-state index contributed by atoms with van der Waals surface area (Å²) in [5, 5.41) is 16.4. The summed E-state index contributed by atoms with van der Waals surface area (Å²) < 4.78 is 27.4. The number of nitrogens with zero attached hydrogens (tertiary/aromatic N) is 2. The van der Waals surface area contributed by atoms with Crippen LogP contribution in [0.2, 0.25) is 0 Å². The van der Waals surface area contributed by atoms with Crippen LogP contribution < -0.4 is 10.1 Å². The molecule has 0 radical (unpaired) electrons. The predicted octanol–water partition coefficient (Wildman–Crippen LogP) is 3.89. The summed E-state index contributed by atoms with van der Waals surface area (Å²) in [5.41, 5.74) is 2.83. The third kappa shape index (κ3) is 5.62.